The van der Waals surface area contributed by atoms with Crippen molar-refractivity contribution in [3.05, 3.63) is 92.5 Å². The SMILES string of the molecule is Cc1c(-c2ccc(C[C@H](NC(=O)c3c(F)cc(N4CCOC[C@@H]4C)cc3F)C(=O)O)c3c2OCCC3)c(=O)n(C)c2ccc(F)cc12. The van der Waals surface area contributed by atoms with E-state index < -0.39 is 40.9 Å². The highest BCUT2D eigenvalue weighted by atomic mass is 19.1. The van der Waals surface area contributed by atoms with Crippen molar-refractivity contribution in [2.75, 3.05) is 31.3 Å². The van der Waals surface area contributed by atoms with Crippen LogP contribution in [0.5, 0.6) is 5.75 Å². The molecule has 4 aromatic rings. The summed E-state index contributed by atoms with van der Waals surface area (Å²) in [5.74, 6) is -4.84. The molecule has 1 saturated heterocycles. The minimum Gasteiger partial charge on any atom is -0.493 e. The molecule has 0 aliphatic carbocycles. The topological polar surface area (TPSA) is 110 Å². The number of morpholine rings is 1. The molecule has 246 valence electrons. The minimum atomic E-state index is -1.53. The molecule has 12 heteroatoms. The van der Waals surface area contributed by atoms with Crippen molar-refractivity contribution in [2.24, 2.45) is 7.05 Å². The van der Waals surface area contributed by atoms with Gasteiger partial charge < -0.3 is 29.4 Å². The molecule has 0 unspecified atom stereocenters. The van der Waals surface area contributed by atoms with Gasteiger partial charge in [-0.3, -0.25) is 9.59 Å². The fourth-order valence-corrected chi connectivity index (χ4v) is 6.61. The van der Waals surface area contributed by atoms with E-state index in [-0.39, 0.29) is 23.7 Å². The van der Waals surface area contributed by atoms with Gasteiger partial charge in [-0.1, -0.05) is 12.1 Å². The van der Waals surface area contributed by atoms with Gasteiger partial charge in [-0.2, -0.15) is 0 Å². The number of hydrogen-bond acceptors (Lipinski definition) is 6. The Hall–Kier alpha value is -4.84. The van der Waals surface area contributed by atoms with E-state index in [2.05, 4.69) is 5.32 Å². The van der Waals surface area contributed by atoms with Gasteiger partial charge in [0.15, 0.2) is 0 Å². The minimum absolute atomic E-state index is 0.129. The molecule has 3 heterocycles. The summed E-state index contributed by atoms with van der Waals surface area (Å²) in [6.45, 7) is 5.16. The summed E-state index contributed by atoms with van der Waals surface area (Å²) in [5, 5.41) is 12.9. The summed E-state index contributed by atoms with van der Waals surface area (Å²) in [6.07, 6.45) is 0.919. The lowest BCUT2D eigenvalue weighted by molar-refractivity contribution is -0.139. The quantitative estimate of drug-likeness (QED) is 0.293. The largest absolute Gasteiger partial charge is 0.493 e. The predicted octanol–water partition coefficient (Wildman–Crippen LogP) is 4.91. The average molecular weight is 650 g/mol. The Kier molecular flexibility index (Phi) is 8.71. The van der Waals surface area contributed by atoms with Gasteiger partial charge in [0.1, 0.15) is 34.8 Å². The fourth-order valence-electron chi connectivity index (χ4n) is 6.61. The van der Waals surface area contributed by atoms with E-state index in [9.17, 15) is 23.9 Å². The molecule has 2 N–H and O–H groups in total. The third-order valence-electron chi connectivity index (χ3n) is 9.04. The zero-order chi connectivity index (χ0) is 33.6. The van der Waals surface area contributed by atoms with Crippen LogP contribution in [0.4, 0.5) is 18.9 Å². The van der Waals surface area contributed by atoms with Crippen LogP contribution >= 0.6 is 0 Å². The van der Waals surface area contributed by atoms with Crippen LogP contribution in [0.25, 0.3) is 22.0 Å². The summed E-state index contributed by atoms with van der Waals surface area (Å²) in [4.78, 5) is 40.8. The average Bonchev–Trinajstić information content (AvgIpc) is 3.04. The highest BCUT2D eigenvalue weighted by molar-refractivity contribution is 5.97. The molecule has 6 rings (SSSR count). The van der Waals surface area contributed by atoms with Crippen molar-refractivity contribution in [3.63, 3.8) is 0 Å². The number of carboxylic acid groups (broad SMARTS) is 1. The van der Waals surface area contributed by atoms with Crippen LogP contribution in [0.3, 0.4) is 0 Å². The number of carbonyl (C=O) groups is 2. The molecule has 9 nitrogen and oxygen atoms in total. The molecule has 2 aliphatic heterocycles. The first-order valence-corrected chi connectivity index (χ1v) is 15.4. The van der Waals surface area contributed by atoms with Gasteiger partial charge in [-0.15, -0.1) is 0 Å². The first-order valence-electron chi connectivity index (χ1n) is 15.4. The maximum Gasteiger partial charge on any atom is 0.326 e. The fraction of sp³-hybridized carbons (Fsp3) is 0.343. The lowest BCUT2D eigenvalue weighted by Gasteiger charge is -2.35. The number of ether oxygens (including phenoxy) is 2. The van der Waals surface area contributed by atoms with Crippen molar-refractivity contribution in [1.82, 2.24) is 9.88 Å². The molecule has 47 heavy (non-hydrogen) atoms. The highest BCUT2D eigenvalue weighted by Gasteiger charge is 2.30. The first-order chi connectivity index (χ1) is 22.5. The van der Waals surface area contributed by atoms with E-state index in [4.69, 9.17) is 9.47 Å². The molecule has 3 aromatic carbocycles. The predicted molar refractivity (Wildman–Crippen MR) is 170 cm³/mol. The number of anilines is 1. The molecule has 1 aromatic heterocycles. The third-order valence-corrected chi connectivity index (χ3v) is 9.04. The van der Waals surface area contributed by atoms with Crippen LogP contribution in [-0.4, -0.2) is 60.0 Å². The first kappa shape index (κ1) is 32.1. The molecular weight excluding hydrogens is 615 g/mol. The molecule has 1 fully saturated rings. The number of aryl methyl sites for hydroxylation is 2. The van der Waals surface area contributed by atoms with Gasteiger partial charge in [-0.25, -0.2) is 18.0 Å². The number of halogens is 3. The Bertz CT molecular complexity index is 1950. The number of fused-ring (bicyclic) bond motifs is 2. The molecule has 2 atom stereocenters. The number of amides is 1. The monoisotopic (exact) mass is 649 g/mol. The zero-order valence-corrected chi connectivity index (χ0v) is 26.2. The van der Waals surface area contributed by atoms with Crippen molar-refractivity contribution in [2.45, 2.75) is 45.2 Å². The summed E-state index contributed by atoms with van der Waals surface area (Å²) < 4.78 is 57.5. The molecule has 0 saturated carbocycles. The lowest BCUT2D eigenvalue weighted by atomic mass is 9.89. The normalized spacial score (nSPS) is 16.8. The Morgan fingerprint density at radius 2 is 1.83 bits per heavy atom. The Balaban J connectivity index is 1.32. The van der Waals surface area contributed by atoms with Gasteiger partial charge >= 0.3 is 5.97 Å². The molecular formula is C35H34F3N3O6. The number of hydrogen-bond donors (Lipinski definition) is 2. The number of nitrogens with one attached hydrogen (secondary N) is 1. The van der Waals surface area contributed by atoms with Crippen LogP contribution in [0.2, 0.25) is 0 Å². The summed E-state index contributed by atoms with van der Waals surface area (Å²) in [6, 6.07) is 8.00. The van der Waals surface area contributed by atoms with Crippen molar-refractivity contribution < 1.29 is 37.3 Å². The number of rotatable bonds is 7. The Morgan fingerprint density at radius 3 is 2.53 bits per heavy atom. The Morgan fingerprint density at radius 1 is 1.09 bits per heavy atom. The second-order valence-electron chi connectivity index (χ2n) is 12.0. The molecule has 2 aliphatic rings. The van der Waals surface area contributed by atoms with Crippen LogP contribution in [0.15, 0.2) is 47.3 Å². The second-order valence-corrected chi connectivity index (χ2v) is 12.0. The third kappa shape index (κ3) is 5.93. The summed E-state index contributed by atoms with van der Waals surface area (Å²) in [7, 11) is 1.61. The number of carbonyl (C=O) groups excluding carboxylic acids is 1. The zero-order valence-electron chi connectivity index (χ0n) is 26.2. The number of nitrogens with zero attached hydrogens (tertiary/aromatic N) is 2. The molecule has 0 bridgehead atoms. The van der Waals surface area contributed by atoms with Crippen LogP contribution in [0, 0.1) is 24.4 Å². The van der Waals surface area contributed by atoms with Gasteiger partial charge in [0.05, 0.1) is 30.9 Å². The molecule has 0 radical (unpaired) electrons. The van der Waals surface area contributed by atoms with Crippen LogP contribution in [0.1, 0.15) is 40.4 Å². The summed E-state index contributed by atoms with van der Waals surface area (Å²) in [5.41, 5.74) is 2.24. The van der Waals surface area contributed by atoms with E-state index in [0.717, 1.165) is 12.1 Å². The second kappa shape index (κ2) is 12.7. The van der Waals surface area contributed by atoms with E-state index in [1.54, 1.807) is 37.1 Å². The van der Waals surface area contributed by atoms with E-state index in [1.807, 2.05) is 6.92 Å². The van der Waals surface area contributed by atoms with Crippen molar-refractivity contribution >= 4 is 28.5 Å². The van der Waals surface area contributed by atoms with Crippen LogP contribution in [-0.2, 0) is 29.4 Å². The molecule has 1 amide bonds. The number of pyridine rings is 1. The Labute approximate surface area is 268 Å². The van der Waals surface area contributed by atoms with Crippen molar-refractivity contribution in [3.8, 4) is 16.9 Å². The highest BCUT2D eigenvalue weighted by Crippen LogP contribution is 2.40. The number of aromatic nitrogens is 1. The summed E-state index contributed by atoms with van der Waals surface area (Å²) >= 11 is 0. The van der Waals surface area contributed by atoms with E-state index in [0.29, 0.717) is 83.7 Å². The standard InChI is InChI=1S/C35H34F3N3O6/c1-18-17-46-12-10-41(18)22-15-26(37)31(27(38)16-22)33(42)39-28(35(44)45)13-20-6-8-24(32-23(20)5-4-11-47-32)30-19(2)25-14-21(36)7-9-29(25)40(3)34(30)43/h6-9,14-16,18,28H,4-5,10-13,17H2,1-3H3,(H,39,42)(H,44,45)/t18-,28-/m0/s1. The van der Waals surface area contributed by atoms with E-state index >= 15 is 8.78 Å². The van der Waals surface area contributed by atoms with Gasteiger partial charge in [0, 0.05) is 42.7 Å². The van der Waals surface area contributed by atoms with Gasteiger partial charge in [0.25, 0.3) is 11.5 Å². The number of carboxylic acids is 1. The molecule has 0 spiro atoms. The lowest BCUT2D eigenvalue weighted by Crippen LogP contribution is -2.44. The number of benzene rings is 3. The van der Waals surface area contributed by atoms with Gasteiger partial charge in [-0.05, 0) is 73.7 Å². The van der Waals surface area contributed by atoms with Gasteiger partial charge in [0.2, 0.25) is 0 Å². The maximum absolute atomic E-state index is 15.2. The van der Waals surface area contributed by atoms with Crippen molar-refractivity contribution in [1.29, 1.82) is 0 Å². The number of aliphatic carboxylic acids is 1. The maximum atomic E-state index is 15.2. The van der Waals surface area contributed by atoms with Crippen LogP contribution < -0.4 is 20.5 Å². The smallest absolute Gasteiger partial charge is 0.326 e. The van der Waals surface area contributed by atoms with E-state index in [1.165, 1.54) is 16.7 Å².